The van der Waals surface area contributed by atoms with E-state index in [0.717, 1.165) is 12.8 Å². The van der Waals surface area contributed by atoms with Crippen LogP contribution in [-0.4, -0.2) is 30.5 Å². The Hall–Kier alpha value is -0.770. The number of esters is 2. The molecule has 5 heteroatoms. The number of hydrogen-bond donors (Lipinski definition) is 0. The molecule has 4 nitrogen and oxygen atoms in total. The van der Waals surface area contributed by atoms with Crippen LogP contribution in [0.2, 0.25) is 0 Å². The molecule has 2 aliphatic carbocycles. The molecule has 108 valence electrons. The molecule has 2 aliphatic rings. The molecule has 0 heterocycles. The van der Waals surface area contributed by atoms with Gasteiger partial charge in [-0.2, -0.15) is 0 Å². The van der Waals surface area contributed by atoms with Crippen molar-refractivity contribution in [1.29, 1.82) is 0 Å². The highest BCUT2D eigenvalue weighted by Gasteiger charge is 2.62. The topological polar surface area (TPSA) is 52.6 Å². The van der Waals surface area contributed by atoms with Crippen LogP contribution in [0.15, 0.2) is 0 Å². The Labute approximate surface area is 118 Å². The van der Waals surface area contributed by atoms with Gasteiger partial charge in [0, 0.05) is 5.41 Å². The number of ether oxygens (including phenoxy) is 2. The molecule has 0 aromatic heterocycles. The fourth-order valence-electron chi connectivity index (χ4n) is 3.68. The Bertz CT molecular complexity index is 393. The van der Waals surface area contributed by atoms with E-state index in [9.17, 15) is 9.59 Å². The van der Waals surface area contributed by atoms with Gasteiger partial charge in [0.25, 0.3) is 0 Å². The molecule has 3 atom stereocenters. The number of fused-ring (bicyclic) bond motifs is 2. The minimum Gasteiger partial charge on any atom is -0.459 e. The van der Waals surface area contributed by atoms with Gasteiger partial charge < -0.3 is 9.47 Å². The summed E-state index contributed by atoms with van der Waals surface area (Å²) in [4.78, 5) is 22.6. The van der Waals surface area contributed by atoms with Crippen LogP contribution < -0.4 is 0 Å². The minimum atomic E-state index is -0.599. The SMILES string of the molecule is CC1(C)C2CCC1(C)C(OC(=O)COC(=O)CCl)C2. The highest BCUT2D eigenvalue weighted by molar-refractivity contribution is 6.26. The van der Waals surface area contributed by atoms with Gasteiger partial charge in [0.2, 0.25) is 0 Å². The Balaban J connectivity index is 1.91. The van der Waals surface area contributed by atoms with E-state index in [1.165, 1.54) is 6.42 Å². The summed E-state index contributed by atoms with van der Waals surface area (Å²) in [6.45, 7) is 6.37. The first kappa shape index (κ1) is 14.6. The van der Waals surface area contributed by atoms with E-state index in [1.54, 1.807) is 0 Å². The normalized spacial score (nSPS) is 35.2. The molecule has 0 spiro atoms. The fraction of sp³-hybridized carbons (Fsp3) is 0.857. The molecule has 0 radical (unpaired) electrons. The maximum Gasteiger partial charge on any atom is 0.344 e. The molecule has 0 N–H and O–H groups in total. The summed E-state index contributed by atoms with van der Waals surface area (Å²) in [5, 5.41) is 0. The van der Waals surface area contributed by atoms with Crippen LogP contribution in [0.5, 0.6) is 0 Å². The smallest absolute Gasteiger partial charge is 0.344 e. The molecule has 3 unspecified atom stereocenters. The number of halogens is 1. The predicted octanol–water partition coefficient (Wildman–Crippen LogP) is 2.53. The molecule has 0 aromatic rings. The molecule has 0 saturated heterocycles. The van der Waals surface area contributed by atoms with Gasteiger partial charge in [-0.25, -0.2) is 4.79 Å². The zero-order valence-electron chi connectivity index (χ0n) is 11.7. The number of carbonyl (C=O) groups is 2. The van der Waals surface area contributed by atoms with Crippen molar-refractivity contribution < 1.29 is 19.1 Å². The quantitative estimate of drug-likeness (QED) is 0.589. The van der Waals surface area contributed by atoms with E-state index >= 15 is 0 Å². The molecular weight excluding hydrogens is 268 g/mol. The first-order valence-corrected chi connectivity index (χ1v) is 7.26. The van der Waals surface area contributed by atoms with Crippen LogP contribution in [0.25, 0.3) is 0 Å². The van der Waals surface area contributed by atoms with E-state index in [2.05, 4.69) is 25.5 Å². The van der Waals surface area contributed by atoms with Gasteiger partial charge >= 0.3 is 11.9 Å². The molecule has 19 heavy (non-hydrogen) atoms. The van der Waals surface area contributed by atoms with Gasteiger partial charge in [0.1, 0.15) is 12.0 Å². The van der Waals surface area contributed by atoms with Crippen molar-refractivity contribution in [2.45, 2.75) is 46.1 Å². The van der Waals surface area contributed by atoms with Crippen molar-refractivity contribution in [3.8, 4) is 0 Å². The number of hydrogen-bond acceptors (Lipinski definition) is 4. The summed E-state index contributed by atoms with van der Waals surface area (Å²) in [5.41, 5.74) is 0.231. The molecule has 0 aromatic carbocycles. The van der Waals surface area contributed by atoms with E-state index in [4.69, 9.17) is 16.3 Å². The summed E-state index contributed by atoms with van der Waals surface area (Å²) in [5.74, 6) is -0.712. The highest BCUT2D eigenvalue weighted by atomic mass is 35.5. The molecule has 2 rings (SSSR count). The van der Waals surface area contributed by atoms with Crippen LogP contribution >= 0.6 is 11.6 Å². The average Bonchev–Trinajstić information content (AvgIpc) is 2.69. The van der Waals surface area contributed by atoms with E-state index in [0.29, 0.717) is 5.92 Å². The van der Waals surface area contributed by atoms with Crippen molar-refractivity contribution in [1.82, 2.24) is 0 Å². The standard InChI is InChI=1S/C14H21ClO4/c1-13(2)9-4-5-14(13,3)10(6-9)19-12(17)8-18-11(16)7-15/h9-10H,4-8H2,1-3H3. The minimum absolute atomic E-state index is 0.0316. The summed E-state index contributed by atoms with van der Waals surface area (Å²) in [6.07, 6.45) is 3.14. The lowest BCUT2D eigenvalue weighted by atomic mass is 9.70. The first-order chi connectivity index (χ1) is 8.81. The second kappa shape index (κ2) is 4.97. The van der Waals surface area contributed by atoms with Crippen LogP contribution in [-0.2, 0) is 19.1 Å². The molecule has 0 aliphatic heterocycles. The first-order valence-electron chi connectivity index (χ1n) is 6.72. The van der Waals surface area contributed by atoms with Crippen LogP contribution in [0, 0.1) is 16.7 Å². The molecule has 2 fully saturated rings. The third-order valence-corrected chi connectivity index (χ3v) is 5.67. The fourth-order valence-corrected chi connectivity index (χ4v) is 3.76. The van der Waals surface area contributed by atoms with E-state index in [-0.39, 0.29) is 29.4 Å². The average molecular weight is 289 g/mol. The van der Waals surface area contributed by atoms with Crippen molar-refractivity contribution in [2.75, 3.05) is 12.5 Å². The number of rotatable bonds is 4. The van der Waals surface area contributed by atoms with Crippen molar-refractivity contribution >= 4 is 23.5 Å². The van der Waals surface area contributed by atoms with Crippen LogP contribution in [0.3, 0.4) is 0 Å². The zero-order valence-corrected chi connectivity index (χ0v) is 12.5. The zero-order chi connectivity index (χ0) is 14.3. The Morgan fingerprint density at radius 1 is 1.26 bits per heavy atom. The maximum absolute atomic E-state index is 11.7. The van der Waals surface area contributed by atoms with Gasteiger partial charge in [-0.15, -0.1) is 11.6 Å². The third-order valence-electron chi connectivity index (χ3n) is 5.45. The van der Waals surface area contributed by atoms with Gasteiger partial charge in [-0.3, -0.25) is 4.79 Å². The Morgan fingerprint density at radius 3 is 2.42 bits per heavy atom. The van der Waals surface area contributed by atoms with E-state index < -0.39 is 11.9 Å². The van der Waals surface area contributed by atoms with Crippen LogP contribution in [0.1, 0.15) is 40.0 Å². The summed E-state index contributed by atoms with van der Waals surface area (Å²) >= 11 is 5.29. The lowest BCUT2D eigenvalue weighted by Crippen LogP contribution is -2.39. The van der Waals surface area contributed by atoms with Gasteiger partial charge in [0.15, 0.2) is 6.61 Å². The van der Waals surface area contributed by atoms with Crippen molar-refractivity contribution in [3.05, 3.63) is 0 Å². The van der Waals surface area contributed by atoms with Crippen molar-refractivity contribution in [2.24, 2.45) is 16.7 Å². The highest BCUT2D eigenvalue weighted by Crippen LogP contribution is 2.66. The lowest BCUT2D eigenvalue weighted by molar-refractivity contribution is -0.166. The molecule has 2 saturated carbocycles. The van der Waals surface area contributed by atoms with Gasteiger partial charge in [-0.05, 0) is 30.6 Å². The second-order valence-corrected chi connectivity index (χ2v) is 6.65. The van der Waals surface area contributed by atoms with E-state index in [1.807, 2.05) is 0 Å². The van der Waals surface area contributed by atoms with Crippen LogP contribution in [0.4, 0.5) is 0 Å². The largest absolute Gasteiger partial charge is 0.459 e. The lowest BCUT2D eigenvalue weighted by Gasteiger charge is -2.38. The molecular formula is C14H21ClO4. The second-order valence-electron chi connectivity index (χ2n) is 6.38. The third kappa shape index (κ3) is 2.35. The number of alkyl halides is 1. The monoisotopic (exact) mass is 288 g/mol. The number of carbonyl (C=O) groups excluding carboxylic acids is 2. The van der Waals surface area contributed by atoms with Gasteiger partial charge in [0.05, 0.1) is 0 Å². The summed E-state index contributed by atoms with van der Waals surface area (Å²) in [7, 11) is 0. The summed E-state index contributed by atoms with van der Waals surface area (Å²) in [6, 6.07) is 0. The summed E-state index contributed by atoms with van der Waals surface area (Å²) < 4.78 is 10.2. The maximum atomic E-state index is 11.7. The van der Waals surface area contributed by atoms with Crippen molar-refractivity contribution in [3.63, 3.8) is 0 Å². The Morgan fingerprint density at radius 2 is 1.95 bits per heavy atom. The Kier molecular flexibility index (Phi) is 3.83. The van der Waals surface area contributed by atoms with Gasteiger partial charge in [-0.1, -0.05) is 20.8 Å². The molecule has 0 amide bonds. The predicted molar refractivity (Wildman–Crippen MR) is 70.8 cm³/mol. The molecule has 2 bridgehead atoms.